The van der Waals surface area contributed by atoms with Crippen LogP contribution in [0.15, 0.2) is 46.3 Å². The number of nitrogens with zero attached hydrogens (tertiary/aromatic N) is 2. The number of hydrogen-bond acceptors (Lipinski definition) is 4. The number of nitrogens with one attached hydrogen (secondary N) is 1. The van der Waals surface area contributed by atoms with Gasteiger partial charge in [-0.25, -0.2) is 8.42 Å². The van der Waals surface area contributed by atoms with Crippen molar-refractivity contribution in [2.45, 2.75) is 24.2 Å². The fourth-order valence-electron chi connectivity index (χ4n) is 4.33. The predicted molar refractivity (Wildman–Crippen MR) is 111 cm³/mol. The number of sulfone groups is 1. The largest absolute Gasteiger partial charge is 0.370 e. The van der Waals surface area contributed by atoms with E-state index in [1.807, 2.05) is 0 Å². The summed E-state index contributed by atoms with van der Waals surface area (Å²) in [6, 6.07) is 6.72. The molecule has 5 rings (SSSR count). The van der Waals surface area contributed by atoms with Gasteiger partial charge in [-0.05, 0) is 48.9 Å². The molecule has 146 valence electrons. The molecule has 1 saturated heterocycles. The van der Waals surface area contributed by atoms with Crippen LogP contribution in [0.5, 0.6) is 0 Å². The Morgan fingerprint density at radius 3 is 2.68 bits per heavy atom. The number of hydrogen-bond donors (Lipinski definition) is 1. The van der Waals surface area contributed by atoms with Gasteiger partial charge < -0.3 is 14.5 Å². The summed E-state index contributed by atoms with van der Waals surface area (Å²) in [5.74, 6) is 0. The van der Waals surface area contributed by atoms with Gasteiger partial charge in [-0.15, -0.1) is 0 Å². The summed E-state index contributed by atoms with van der Waals surface area (Å²) in [5.41, 5.74) is 1.89. The first-order valence-corrected chi connectivity index (χ1v) is 11.2. The Balaban J connectivity index is 1.79. The number of fused-ring (bicyclic) bond motifs is 1. The van der Waals surface area contributed by atoms with E-state index in [9.17, 15) is 13.2 Å². The van der Waals surface area contributed by atoms with Crippen LogP contribution in [-0.4, -0.2) is 37.3 Å². The van der Waals surface area contributed by atoms with Crippen LogP contribution < -0.4 is 10.5 Å². The van der Waals surface area contributed by atoms with E-state index in [2.05, 4.69) is 9.88 Å². The standard InChI is InChI=1S/C21H23N3O3S/c1-23-12-17(15-5-9-22-19(15)20(23)25)16-11-14(28(2,26)27)3-4-18(16)24-10-8-21(13-24)6-7-21/h3-5,9,11-12,22H,6-8,10,13H2,1-2H3/i1D3. The van der Waals surface area contributed by atoms with Crippen molar-refractivity contribution >= 4 is 26.4 Å². The zero-order valence-corrected chi connectivity index (χ0v) is 16.3. The highest BCUT2D eigenvalue weighted by Gasteiger charge is 2.48. The average molecular weight is 401 g/mol. The Morgan fingerprint density at radius 1 is 1.18 bits per heavy atom. The minimum Gasteiger partial charge on any atom is -0.370 e. The summed E-state index contributed by atoms with van der Waals surface area (Å²) < 4.78 is 48.7. The third kappa shape index (κ3) is 2.68. The summed E-state index contributed by atoms with van der Waals surface area (Å²) in [6.07, 6.45) is 7.57. The van der Waals surface area contributed by atoms with E-state index in [1.165, 1.54) is 19.0 Å². The maximum atomic E-state index is 12.7. The first kappa shape index (κ1) is 14.5. The molecular weight excluding hydrogens is 374 g/mol. The number of H-pyrrole nitrogens is 1. The summed E-state index contributed by atoms with van der Waals surface area (Å²) in [7, 11) is -3.48. The van der Waals surface area contributed by atoms with Crippen LogP contribution in [0, 0.1) is 5.41 Å². The Labute approximate surface area is 167 Å². The maximum absolute atomic E-state index is 12.7. The van der Waals surface area contributed by atoms with Gasteiger partial charge in [0.15, 0.2) is 9.84 Å². The van der Waals surface area contributed by atoms with Crippen molar-refractivity contribution in [3.8, 4) is 11.1 Å². The summed E-state index contributed by atoms with van der Waals surface area (Å²) in [6.45, 7) is -0.903. The van der Waals surface area contributed by atoms with E-state index >= 15 is 0 Å². The third-order valence-corrected chi connectivity index (χ3v) is 7.26. The minimum atomic E-state index is -3.48. The lowest BCUT2D eigenvalue weighted by Crippen LogP contribution is -2.21. The second-order valence-electron chi connectivity index (χ2n) is 8.11. The number of benzene rings is 1. The molecule has 1 N–H and O–H groups in total. The number of rotatable bonds is 3. The van der Waals surface area contributed by atoms with Crippen LogP contribution in [0.4, 0.5) is 5.69 Å². The van der Waals surface area contributed by atoms with Crippen molar-refractivity contribution in [1.29, 1.82) is 0 Å². The normalized spacial score (nSPS) is 20.3. The highest BCUT2D eigenvalue weighted by atomic mass is 32.2. The van der Waals surface area contributed by atoms with Gasteiger partial charge >= 0.3 is 0 Å². The molecule has 1 spiro atoms. The molecule has 2 fully saturated rings. The quantitative estimate of drug-likeness (QED) is 0.734. The molecule has 6 nitrogen and oxygen atoms in total. The van der Waals surface area contributed by atoms with E-state index in [-0.39, 0.29) is 10.4 Å². The van der Waals surface area contributed by atoms with Crippen molar-refractivity contribution in [3.63, 3.8) is 0 Å². The Morgan fingerprint density at radius 2 is 2.00 bits per heavy atom. The first-order valence-electron chi connectivity index (χ1n) is 10.8. The zero-order chi connectivity index (χ0) is 22.2. The fraction of sp³-hybridized carbons (Fsp3) is 0.381. The van der Waals surface area contributed by atoms with Crippen LogP contribution in [0.3, 0.4) is 0 Å². The number of aryl methyl sites for hydroxylation is 1. The molecule has 2 aliphatic rings. The van der Waals surface area contributed by atoms with Crippen LogP contribution in [0.2, 0.25) is 0 Å². The van der Waals surface area contributed by atoms with Crippen molar-refractivity contribution in [3.05, 3.63) is 47.0 Å². The molecule has 1 aliphatic carbocycles. The van der Waals surface area contributed by atoms with Gasteiger partial charge in [0.2, 0.25) is 0 Å². The third-order valence-electron chi connectivity index (χ3n) is 6.15. The maximum Gasteiger partial charge on any atom is 0.274 e. The van der Waals surface area contributed by atoms with Gasteiger partial charge in [-0.1, -0.05) is 0 Å². The summed E-state index contributed by atoms with van der Waals surface area (Å²) >= 11 is 0. The molecule has 3 heterocycles. The number of anilines is 1. The van der Waals surface area contributed by atoms with Gasteiger partial charge in [-0.3, -0.25) is 4.79 Å². The molecule has 0 radical (unpaired) electrons. The second-order valence-corrected chi connectivity index (χ2v) is 10.1. The molecular formula is C21H23N3O3S. The lowest BCUT2D eigenvalue weighted by molar-refractivity contribution is 0.581. The highest BCUT2D eigenvalue weighted by Crippen LogP contribution is 2.54. The Bertz CT molecular complexity index is 1370. The molecule has 2 aromatic heterocycles. The topological polar surface area (TPSA) is 75.2 Å². The molecule has 0 unspecified atom stereocenters. The Kier molecular flexibility index (Phi) is 2.96. The van der Waals surface area contributed by atoms with E-state index in [4.69, 9.17) is 4.11 Å². The smallest absolute Gasteiger partial charge is 0.274 e. The van der Waals surface area contributed by atoms with Gasteiger partial charge in [0.25, 0.3) is 5.56 Å². The van der Waals surface area contributed by atoms with E-state index < -0.39 is 22.4 Å². The zero-order valence-electron chi connectivity index (χ0n) is 18.5. The lowest BCUT2D eigenvalue weighted by atomic mass is 10.0. The minimum absolute atomic E-state index is 0.155. The molecule has 1 saturated carbocycles. The summed E-state index contributed by atoms with van der Waals surface area (Å²) in [4.78, 5) is 18.0. The molecule has 0 atom stereocenters. The Hall–Kier alpha value is -2.54. The van der Waals surface area contributed by atoms with Gasteiger partial charge in [0.1, 0.15) is 5.52 Å². The average Bonchev–Trinajstić information content (AvgIpc) is 3.08. The molecule has 7 heteroatoms. The van der Waals surface area contributed by atoms with E-state index in [0.29, 0.717) is 21.9 Å². The van der Waals surface area contributed by atoms with Gasteiger partial charge in [-0.2, -0.15) is 0 Å². The number of pyridine rings is 1. The van der Waals surface area contributed by atoms with Gasteiger partial charge in [0, 0.05) is 65.0 Å². The molecule has 1 aliphatic heterocycles. The molecule has 28 heavy (non-hydrogen) atoms. The first-order chi connectivity index (χ1) is 14.5. The van der Waals surface area contributed by atoms with Gasteiger partial charge in [0.05, 0.1) is 4.90 Å². The van der Waals surface area contributed by atoms with E-state index in [1.54, 1.807) is 30.5 Å². The fourth-order valence-corrected chi connectivity index (χ4v) is 4.97. The molecule has 1 aromatic carbocycles. The van der Waals surface area contributed by atoms with Crippen molar-refractivity contribution in [1.82, 2.24) is 9.55 Å². The van der Waals surface area contributed by atoms with Crippen LogP contribution in [0.25, 0.3) is 22.0 Å². The van der Waals surface area contributed by atoms with Crippen LogP contribution in [0.1, 0.15) is 23.4 Å². The highest BCUT2D eigenvalue weighted by molar-refractivity contribution is 7.90. The van der Waals surface area contributed by atoms with Crippen molar-refractivity contribution in [2.75, 3.05) is 24.2 Å². The van der Waals surface area contributed by atoms with Crippen molar-refractivity contribution in [2.24, 2.45) is 12.4 Å². The summed E-state index contributed by atoms with van der Waals surface area (Å²) in [5, 5.41) is 0.567. The monoisotopic (exact) mass is 400 g/mol. The molecule has 0 amide bonds. The lowest BCUT2D eigenvalue weighted by Gasteiger charge is -2.23. The molecule has 0 bridgehead atoms. The van der Waals surface area contributed by atoms with E-state index in [0.717, 1.165) is 36.0 Å². The molecule has 3 aromatic rings. The van der Waals surface area contributed by atoms with Crippen LogP contribution in [-0.2, 0) is 16.8 Å². The SMILES string of the molecule is [2H]C([2H])([2H])n1cc(-c2cc(S(C)(=O)=O)ccc2N2CCC3(CC3)C2)c2cc[nH]c2c1=O. The second kappa shape index (κ2) is 5.73. The predicted octanol–water partition coefficient (Wildman–Crippen LogP) is 2.93. The van der Waals surface area contributed by atoms with Crippen LogP contribution >= 0.6 is 0 Å². The van der Waals surface area contributed by atoms with Crippen molar-refractivity contribution < 1.29 is 12.5 Å². The number of aromatic amines is 1. The number of aromatic nitrogens is 2.